The second kappa shape index (κ2) is 7.44. The SMILES string of the molecule is O=C(O)C(=COC=Cc1ccccc1)C(CC1CO1)CC1CO1. The van der Waals surface area contributed by atoms with Crippen molar-refractivity contribution < 1.29 is 24.1 Å². The first kappa shape index (κ1) is 15.8. The third kappa shape index (κ3) is 5.23. The number of epoxide rings is 2. The van der Waals surface area contributed by atoms with Gasteiger partial charge in [0, 0.05) is 0 Å². The van der Waals surface area contributed by atoms with Crippen LogP contribution in [0, 0.1) is 5.92 Å². The largest absolute Gasteiger partial charge is 0.478 e. The Hall–Kier alpha value is -2.11. The molecule has 0 saturated carbocycles. The third-order valence-electron chi connectivity index (χ3n) is 3.92. The highest BCUT2D eigenvalue weighted by molar-refractivity contribution is 5.86. The summed E-state index contributed by atoms with van der Waals surface area (Å²) < 4.78 is 15.8. The smallest absolute Gasteiger partial charge is 0.334 e. The summed E-state index contributed by atoms with van der Waals surface area (Å²) in [7, 11) is 0. The second-order valence-corrected chi connectivity index (χ2v) is 5.81. The van der Waals surface area contributed by atoms with Gasteiger partial charge in [0.1, 0.15) is 6.26 Å². The van der Waals surface area contributed by atoms with E-state index in [-0.39, 0.29) is 23.7 Å². The van der Waals surface area contributed by atoms with Gasteiger partial charge in [-0.15, -0.1) is 0 Å². The number of rotatable bonds is 9. The van der Waals surface area contributed by atoms with E-state index in [2.05, 4.69) is 0 Å². The van der Waals surface area contributed by atoms with Gasteiger partial charge in [-0.1, -0.05) is 30.3 Å². The molecule has 1 aromatic rings. The highest BCUT2D eigenvalue weighted by Crippen LogP contribution is 2.32. The predicted molar refractivity (Wildman–Crippen MR) is 84.5 cm³/mol. The zero-order chi connectivity index (χ0) is 16.1. The van der Waals surface area contributed by atoms with Crippen molar-refractivity contribution in [1.82, 2.24) is 0 Å². The molecule has 122 valence electrons. The van der Waals surface area contributed by atoms with Crippen molar-refractivity contribution in [2.24, 2.45) is 5.92 Å². The van der Waals surface area contributed by atoms with Crippen LogP contribution in [0.2, 0.25) is 0 Å². The highest BCUT2D eigenvalue weighted by atomic mass is 16.6. The van der Waals surface area contributed by atoms with Gasteiger partial charge in [-0.05, 0) is 30.4 Å². The van der Waals surface area contributed by atoms with Gasteiger partial charge in [0.2, 0.25) is 0 Å². The molecule has 0 bridgehead atoms. The van der Waals surface area contributed by atoms with Crippen LogP contribution in [-0.2, 0) is 19.0 Å². The van der Waals surface area contributed by atoms with Crippen LogP contribution in [0.5, 0.6) is 0 Å². The molecule has 0 amide bonds. The van der Waals surface area contributed by atoms with E-state index in [1.807, 2.05) is 30.3 Å². The van der Waals surface area contributed by atoms with Crippen LogP contribution >= 0.6 is 0 Å². The molecule has 5 nitrogen and oxygen atoms in total. The van der Waals surface area contributed by atoms with Gasteiger partial charge >= 0.3 is 5.97 Å². The summed E-state index contributed by atoms with van der Waals surface area (Å²) in [6.45, 7) is 1.42. The van der Waals surface area contributed by atoms with Gasteiger partial charge < -0.3 is 19.3 Å². The molecule has 2 heterocycles. The summed E-state index contributed by atoms with van der Waals surface area (Å²) in [4.78, 5) is 11.6. The lowest BCUT2D eigenvalue weighted by molar-refractivity contribution is -0.133. The minimum atomic E-state index is -0.954. The lowest BCUT2D eigenvalue weighted by Crippen LogP contribution is -2.17. The van der Waals surface area contributed by atoms with E-state index in [4.69, 9.17) is 14.2 Å². The molecule has 1 aromatic carbocycles. The molecule has 1 N–H and O–H groups in total. The lowest BCUT2D eigenvalue weighted by Gasteiger charge is -2.15. The maximum Gasteiger partial charge on any atom is 0.334 e. The fourth-order valence-corrected chi connectivity index (χ4v) is 2.51. The Kier molecular flexibility index (Phi) is 5.10. The molecule has 2 atom stereocenters. The summed E-state index contributed by atoms with van der Waals surface area (Å²) in [6.07, 6.45) is 6.35. The summed E-state index contributed by atoms with van der Waals surface area (Å²) >= 11 is 0. The molecule has 3 rings (SSSR count). The van der Waals surface area contributed by atoms with Gasteiger partial charge in [0.25, 0.3) is 0 Å². The normalized spacial score (nSPS) is 24.4. The minimum absolute atomic E-state index is 0.113. The van der Waals surface area contributed by atoms with E-state index in [1.54, 1.807) is 6.08 Å². The number of benzene rings is 1. The predicted octanol–water partition coefficient (Wildman–Crippen LogP) is 2.84. The van der Waals surface area contributed by atoms with Crippen molar-refractivity contribution >= 4 is 12.0 Å². The van der Waals surface area contributed by atoms with E-state index in [0.717, 1.165) is 5.56 Å². The first-order chi connectivity index (χ1) is 11.2. The van der Waals surface area contributed by atoms with Crippen LogP contribution in [0.25, 0.3) is 6.08 Å². The lowest BCUT2D eigenvalue weighted by atomic mass is 9.90. The topological polar surface area (TPSA) is 71.6 Å². The van der Waals surface area contributed by atoms with E-state index < -0.39 is 5.97 Å². The van der Waals surface area contributed by atoms with Crippen molar-refractivity contribution in [1.29, 1.82) is 0 Å². The molecular formula is C18H20O5. The summed E-state index contributed by atoms with van der Waals surface area (Å²) in [5.41, 5.74) is 1.26. The Labute approximate surface area is 135 Å². The fraction of sp³-hybridized carbons (Fsp3) is 0.389. The summed E-state index contributed by atoms with van der Waals surface area (Å²) in [6, 6.07) is 9.68. The van der Waals surface area contributed by atoms with Gasteiger partial charge in [0.05, 0.1) is 37.3 Å². The Bertz CT molecular complexity index is 571. The fourth-order valence-electron chi connectivity index (χ4n) is 2.51. The molecule has 0 spiro atoms. The van der Waals surface area contributed by atoms with Crippen LogP contribution in [0.15, 0.2) is 48.4 Å². The third-order valence-corrected chi connectivity index (χ3v) is 3.92. The number of carboxylic acids is 1. The van der Waals surface area contributed by atoms with Gasteiger partial charge in [-0.25, -0.2) is 4.79 Å². The summed E-state index contributed by atoms with van der Waals surface area (Å²) in [5, 5.41) is 9.47. The molecule has 2 unspecified atom stereocenters. The van der Waals surface area contributed by atoms with E-state index in [9.17, 15) is 9.90 Å². The zero-order valence-corrected chi connectivity index (χ0v) is 12.8. The molecule has 2 fully saturated rings. The van der Waals surface area contributed by atoms with Gasteiger partial charge in [-0.2, -0.15) is 0 Å². The van der Waals surface area contributed by atoms with E-state index in [1.165, 1.54) is 12.5 Å². The van der Waals surface area contributed by atoms with Crippen LogP contribution in [0.4, 0.5) is 0 Å². The Morgan fingerprint density at radius 3 is 2.35 bits per heavy atom. The van der Waals surface area contributed by atoms with Crippen LogP contribution < -0.4 is 0 Å². The first-order valence-electron chi connectivity index (χ1n) is 7.76. The van der Waals surface area contributed by atoms with Crippen LogP contribution in [0.3, 0.4) is 0 Å². The van der Waals surface area contributed by atoms with E-state index in [0.29, 0.717) is 26.1 Å². The van der Waals surface area contributed by atoms with Crippen LogP contribution in [-0.4, -0.2) is 36.5 Å². The number of carboxylic acid groups (broad SMARTS) is 1. The molecule has 0 radical (unpaired) electrons. The first-order valence-corrected chi connectivity index (χ1v) is 7.76. The molecule has 0 aromatic heterocycles. The molecule has 2 aliphatic rings. The van der Waals surface area contributed by atoms with Crippen molar-refractivity contribution in [2.75, 3.05) is 13.2 Å². The molecule has 0 aliphatic carbocycles. The quantitative estimate of drug-likeness (QED) is 0.431. The Balaban J connectivity index is 1.63. The maximum absolute atomic E-state index is 11.6. The Morgan fingerprint density at radius 2 is 1.83 bits per heavy atom. The number of hydrogen-bond donors (Lipinski definition) is 1. The van der Waals surface area contributed by atoms with Crippen LogP contribution in [0.1, 0.15) is 18.4 Å². The number of ether oxygens (including phenoxy) is 3. The average Bonchev–Trinajstić information content (AvgIpc) is 3.44. The zero-order valence-electron chi connectivity index (χ0n) is 12.8. The minimum Gasteiger partial charge on any atom is -0.478 e. The second-order valence-electron chi connectivity index (χ2n) is 5.81. The van der Waals surface area contributed by atoms with Crippen molar-refractivity contribution in [2.45, 2.75) is 25.0 Å². The van der Waals surface area contributed by atoms with Crippen molar-refractivity contribution in [3.63, 3.8) is 0 Å². The van der Waals surface area contributed by atoms with Crippen molar-refractivity contribution in [3.05, 3.63) is 54.0 Å². The van der Waals surface area contributed by atoms with Gasteiger partial charge in [-0.3, -0.25) is 0 Å². The Morgan fingerprint density at radius 1 is 1.22 bits per heavy atom. The molecule has 5 heteroatoms. The number of hydrogen-bond acceptors (Lipinski definition) is 4. The standard InChI is InChI=1S/C18H20O5/c19-18(20)17(12-21-7-6-13-4-2-1-3-5-13)14(8-15-10-22-15)9-16-11-23-16/h1-7,12,14-16H,8-11H2,(H,19,20). The van der Waals surface area contributed by atoms with E-state index >= 15 is 0 Å². The molecule has 2 saturated heterocycles. The average molecular weight is 316 g/mol. The number of aliphatic carboxylic acids is 1. The maximum atomic E-state index is 11.6. The highest BCUT2D eigenvalue weighted by Gasteiger charge is 2.35. The van der Waals surface area contributed by atoms with Crippen molar-refractivity contribution in [3.8, 4) is 0 Å². The molecule has 23 heavy (non-hydrogen) atoms. The summed E-state index contributed by atoms with van der Waals surface area (Å²) in [5.74, 6) is -1.07. The number of carbonyl (C=O) groups is 1. The van der Waals surface area contributed by atoms with Gasteiger partial charge in [0.15, 0.2) is 0 Å². The molecule has 2 aliphatic heterocycles. The molecular weight excluding hydrogens is 296 g/mol. The monoisotopic (exact) mass is 316 g/mol.